The maximum absolute atomic E-state index is 13.2. The smallest absolute Gasteiger partial charge is 0.343 e. The van der Waals surface area contributed by atoms with Gasteiger partial charge in [-0.3, -0.25) is 4.79 Å². The molecule has 0 aliphatic heterocycles. The highest BCUT2D eigenvalue weighted by atomic mass is 16.6. The lowest BCUT2D eigenvalue weighted by Gasteiger charge is -2.13. The second kappa shape index (κ2) is 20.1. The SMILES string of the molecule is COc1ccc(C(=O)Oc2ccc(OC(=O)c3ccc(OC)cc3)c(C(=O)OCCCCCCCCCCOC(=O)Cc3cc[nH]c3)c2)cc1. The Hall–Kier alpha value is -5.58. The first-order valence-electron chi connectivity index (χ1n) is 16.7. The van der Waals surface area contributed by atoms with Crippen molar-refractivity contribution in [1.29, 1.82) is 0 Å². The Bertz CT molecular complexity index is 1660. The number of benzene rings is 3. The van der Waals surface area contributed by atoms with Gasteiger partial charge in [0.1, 0.15) is 28.6 Å². The van der Waals surface area contributed by atoms with Crippen molar-refractivity contribution in [2.75, 3.05) is 27.4 Å². The van der Waals surface area contributed by atoms with Crippen LogP contribution >= 0.6 is 0 Å². The second-order valence-corrected chi connectivity index (χ2v) is 11.5. The van der Waals surface area contributed by atoms with Gasteiger partial charge in [0.2, 0.25) is 0 Å². The van der Waals surface area contributed by atoms with Crippen LogP contribution in [-0.2, 0) is 20.7 Å². The minimum atomic E-state index is -0.710. The molecule has 0 aliphatic rings. The van der Waals surface area contributed by atoms with Gasteiger partial charge in [-0.2, -0.15) is 0 Å². The van der Waals surface area contributed by atoms with Crippen LogP contribution in [0.4, 0.5) is 0 Å². The van der Waals surface area contributed by atoms with E-state index in [0.717, 1.165) is 50.5 Å². The van der Waals surface area contributed by atoms with E-state index in [1.807, 2.05) is 6.07 Å². The number of hydrogen-bond donors (Lipinski definition) is 1. The van der Waals surface area contributed by atoms with Crippen LogP contribution < -0.4 is 18.9 Å². The zero-order valence-corrected chi connectivity index (χ0v) is 28.4. The lowest BCUT2D eigenvalue weighted by Crippen LogP contribution is -2.14. The van der Waals surface area contributed by atoms with E-state index in [2.05, 4.69) is 4.98 Å². The molecule has 4 aromatic rings. The van der Waals surface area contributed by atoms with E-state index in [-0.39, 0.29) is 47.2 Å². The molecule has 0 atom stereocenters. The van der Waals surface area contributed by atoms with Gasteiger partial charge in [0.25, 0.3) is 0 Å². The Morgan fingerprint density at radius 1 is 0.560 bits per heavy atom. The van der Waals surface area contributed by atoms with Gasteiger partial charge in [0.05, 0.1) is 45.0 Å². The molecule has 11 heteroatoms. The average molecular weight is 686 g/mol. The number of hydrogen-bond acceptors (Lipinski definition) is 10. The molecule has 0 spiro atoms. The van der Waals surface area contributed by atoms with E-state index in [1.54, 1.807) is 60.9 Å². The number of aromatic amines is 1. The number of nitrogens with one attached hydrogen (secondary N) is 1. The minimum absolute atomic E-state index is 0.0320. The summed E-state index contributed by atoms with van der Waals surface area (Å²) in [7, 11) is 3.05. The van der Waals surface area contributed by atoms with Gasteiger partial charge in [-0.1, -0.05) is 38.5 Å². The van der Waals surface area contributed by atoms with Crippen LogP contribution in [0.5, 0.6) is 23.0 Å². The van der Waals surface area contributed by atoms with Crippen LogP contribution in [0, 0.1) is 0 Å². The molecule has 0 saturated heterocycles. The summed E-state index contributed by atoms with van der Waals surface area (Å²) in [6, 6.07) is 18.8. The summed E-state index contributed by atoms with van der Waals surface area (Å²) in [4.78, 5) is 53.6. The molecule has 11 nitrogen and oxygen atoms in total. The summed E-state index contributed by atoms with van der Waals surface area (Å²) in [5.74, 6) is -1.03. The molecule has 0 aliphatic carbocycles. The van der Waals surface area contributed by atoms with E-state index in [0.29, 0.717) is 24.5 Å². The van der Waals surface area contributed by atoms with Gasteiger partial charge in [-0.15, -0.1) is 0 Å². The van der Waals surface area contributed by atoms with Gasteiger partial charge in [-0.05, 0) is 91.2 Å². The van der Waals surface area contributed by atoms with E-state index in [4.69, 9.17) is 28.4 Å². The fraction of sp³-hybridized carbons (Fsp3) is 0.333. The predicted molar refractivity (Wildman–Crippen MR) is 185 cm³/mol. The van der Waals surface area contributed by atoms with Crippen molar-refractivity contribution in [1.82, 2.24) is 4.98 Å². The minimum Gasteiger partial charge on any atom is -0.497 e. The molecule has 0 bridgehead atoms. The van der Waals surface area contributed by atoms with Crippen LogP contribution in [0.15, 0.2) is 85.2 Å². The quantitative estimate of drug-likeness (QED) is 0.0564. The van der Waals surface area contributed by atoms with Crippen molar-refractivity contribution < 1.29 is 47.6 Å². The number of ether oxygens (including phenoxy) is 6. The molecule has 0 radical (unpaired) electrons. The summed E-state index contributed by atoms with van der Waals surface area (Å²) >= 11 is 0. The summed E-state index contributed by atoms with van der Waals surface area (Å²) in [6.07, 6.45) is 11.4. The largest absolute Gasteiger partial charge is 0.497 e. The molecule has 3 aromatic carbocycles. The van der Waals surface area contributed by atoms with Crippen LogP contribution in [0.1, 0.15) is 88.0 Å². The molecule has 0 amide bonds. The van der Waals surface area contributed by atoms with Gasteiger partial charge in [-0.25, -0.2) is 14.4 Å². The fourth-order valence-electron chi connectivity index (χ4n) is 4.98. The topological polar surface area (TPSA) is 139 Å². The monoisotopic (exact) mass is 685 g/mol. The predicted octanol–water partition coefficient (Wildman–Crippen LogP) is 7.53. The Morgan fingerprint density at radius 3 is 1.62 bits per heavy atom. The Labute approximate surface area is 291 Å². The van der Waals surface area contributed by atoms with Crippen molar-refractivity contribution in [2.24, 2.45) is 0 Å². The first-order valence-corrected chi connectivity index (χ1v) is 16.7. The highest BCUT2D eigenvalue weighted by Gasteiger charge is 2.21. The highest BCUT2D eigenvalue weighted by Crippen LogP contribution is 2.27. The standard InChI is InChI=1S/C39H43NO10/c1-45-31-15-11-29(12-16-31)37(42)49-33-19-20-35(50-38(43)30-13-17-32(46-2)18-14-30)34(26-33)39(44)48-24-10-8-6-4-3-5-7-9-23-47-36(41)25-28-21-22-40-27-28/h11-22,26-27,40H,3-10,23-25H2,1-2H3. The number of carbonyl (C=O) groups excluding carboxylic acids is 4. The Balaban J connectivity index is 1.22. The first-order chi connectivity index (χ1) is 24.4. The zero-order valence-electron chi connectivity index (χ0n) is 28.4. The van der Waals surface area contributed by atoms with E-state index in [1.165, 1.54) is 32.4 Å². The van der Waals surface area contributed by atoms with Crippen molar-refractivity contribution in [2.45, 2.75) is 57.8 Å². The first kappa shape index (κ1) is 37.2. The van der Waals surface area contributed by atoms with Crippen molar-refractivity contribution in [3.05, 3.63) is 107 Å². The van der Waals surface area contributed by atoms with Crippen molar-refractivity contribution in [3.8, 4) is 23.0 Å². The molecular weight excluding hydrogens is 642 g/mol. The van der Waals surface area contributed by atoms with Crippen LogP contribution in [0.25, 0.3) is 0 Å². The highest BCUT2D eigenvalue weighted by molar-refractivity contribution is 5.97. The van der Waals surface area contributed by atoms with Crippen molar-refractivity contribution >= 4 is 23.9 Å². The Morgan fingerprint density at radius 2 is 1.08 bits per heavy atom. The molecular formula is C39H43NO10. The summed E-state index contributed by atoms with van der Waals surface area (Å²) < 4.78 is 32.2. The number of aromatic nitrogens is 1. The number of unbranched alkanes of at least 4 members (excludes halogenated alkanes) is 7. The van der Waals surface area contributed by atoms with Crippen LogP contribution in [0.2, 0.25) is 0 Å². The molecule has 0 fully saturated rings. The fourth-order valence-corrected chi connectivity index (χ4v) is 4.98. The molecule has 264 valence electrons. The molecule has 1 heterocycles. The molecule has 0 unspecified atom stereocenters. The summed E-state index contributed by atoms with van der Waals surface area (Å²) in [5, 5.41) is 0. The number of rotatable bonds is 20. The molecule has 0 saturated carbocycles. The van der Waals surface area contributed by atoms with Gasteiger partial charge in [0.15, 0.2) is 0 Å². The number of methoxy groups -OCH3 is 2. The number of carbonyl (C=O) groups is 4. The van der Waals surface area contributed by atoms with E-state index < -0.39 is 17.9 Å². The molecule has 1 aromatic heterocycles. The third-order valence-electron chi connectivity index (χ3n) is 7.78. The third-order valence-corrected chi connectivity index (χ3v) is 7.78. The van der Waals surface area contributed by atoms with Crippen LogP contribution in [0.3, 0.4) is 0 Å². The van der Waals surface area contributed by atoms with Crippen LogP contribution in [-0.4, -0.2) is 56.3 Å². The zero-order chi connectivity index (χ0) is 35.6. The number of esters is 4. The van der Waals surface area contributed by atoms with Gasteiger partial charge < -0.3 is 33.4 Å². The third kappa shape index (κ3) is 12.1. The number of H-pyrrole nitrogens is 1. The van der Waals surface area contributed by atoms with Gasteiger partial charge >= 0.3 is 23.9 Å². The molecule has 1 N–H and O–H groups in total. The maximum atomic E-state index is 13.2. The van der Waals surface area contributed by atoms with Gasteiger partial charge in [0, 0.05) is 12.4 Å². The Kier molecular flexibility index (Phi) is 14.9. The average Bonchev–Trinajstić information content (AvgIpc) is 3.65. The normalized spacial score (nSPS) is 10.6. The summed E-state index contributed by atoms with van der Waals surface area (Å²) in [6.45, 7) is 0.611. The lowest BCUT2D eigenvalue weighted by atomic mass is 10.1. The lowest BCUT2D eigenvalue weighted by molar-refractivity contribution is -0.142. The molecule has 50 heavy (non-hydrogen) atoms. The van der Waals surface area contributed by atoms with E-state index in [9.17, 15) is 19.2 Å². The molecule has 4 rings (SSSR count). The maximum Gasteiger partial charge on any atom is 0.343 e. The summed E-state index contributed by atoms with van der Waals surface area (Å²) in [5.41, 5.74) is 1.41. The van der Waals surface area contributed by atoms with E-state index >= 15 is 0 Å². The second-order valence-electron chi connectivity index (χ2n) is 11.5. The van der Waals surface area contributed by atoms with Crippen molar-refractivity contribution in [3.63, 3.8) is 0 Å².